The van der Waals surface area contributed by atoms with Crippen molar-refractivity contribution in [2.45, 2.75) is 40.5 Å². The van der Waals surface area contributed by atoms with Gasteiger partial charge in [-0.25, -0.2) is 0 Å². The van der Waals surface area contributed by atoms with Crippen molar-refractivity contribution in [2.24, 2.45) is 0 Å². The van der Waals surface area contributed by atoms with Crippen molar-refractivity contribution in [3.8, 4) is 0 Å². The van der Waals surface area contributed by atoms with E-state index in [2.05, 4.69) is 0 Å². The smallest absolute Gasteiger partial charge is 0.280 e. The third-order valence-corrected chi connectivity index (χ3v) is 3.88. The van der Waals surface area contributed by atoms with Gasteiger partial charge in [0.2, 0.25) is 0 Å². The first-order valence-electron chi connectivity index (χ1n) is 8.18. The molecule has 0 aliphatic rings. The summed E-state index contributed by atoms with van der Waals surface area (Å²) in [5.41, 5.74) is 2.12. The van der Waals surface area contributed by atoms with Crippen LogP contribution in [0.15, 0.2) is 42.5 Å². The summed E-state index contributed by atoms with van der Waals surface area (Å²) in [6.07, 6.45) is 1.38. The molecule has 0 atom stereocenters. The van der Waals surface area contributed by atoms with Crippen LogP contribution in [0.2, 0.25) is 0 Å². The first-order chi connectivity index (χ1) is 11.8. The average Bonchev–Trinajstić information content (AvgIpc) is 2.63. The Morgan fingerprint density at radius 3 is 1.92 bits per heavy atom. The molecule has 0 spiro atoms. The molecule has 0 aromatic heterocycles. The highest BCUT2D eigenvalue weighted by molar-refractivity contribution is 6.11. The highest BCUT2D eigenvalue weighted by atomic mass is 16.6. The number of carbonyl (C=O) groups excluding carboxylic acids is 2. The van der Waals surface area contributed by atoms with E-state index in [1.54, 1.807) is 43.3 Å². The van der Waals surface area contributed by atoms with Crippen molar-refractivity contribution in [3.63, 3.8) is 0 Å². The highest BCUT2D eigenvalue weighted by Gasteiger charge is 2.22. The molecule has 0 radical (unpaired) electrons. The number of nitro groups is 1. The lowest BCUT2D eigenvalue weighted by Gasteiger charge is -2.06. The standard InChI is InChI=1S/C15H13NO3.C5H10O/c1-10-8-13(14(16(18)19)9-11(10)2)15(17)12-6-4-3-5-7-12;1-3-5(6)4-2/h3-9H,1-2H3;3-4H2,1-2H3. The maximum Gasteiger partial charge on any atom is 0.280 e. The first-order valence-corrected chi connectivity index (χ1v) is 8.18. The molecule has 132 valence electrons. The maximum atomic E-state index is 12.3. The van der Waals surface area contributed by atoms with Gasteiger partial charge in [0, 0.05) is 24.5 Å². The topological polar surface area (TPSA) is 77.3 Å². The van der Waals surface area contributed by atoms with Crippen LogP contribution in [0.4, 0.5) is 5.69 Å². The Hall–Kier alpha value is -2.82. The predicted octanol–water partition coefficient (Wildman–Crippen LogP) is 4.82. The largest absolute Gasteiger partial charge is 0.300 e. The number of rotatable bonds is 5. The van der Waals surface area contributed by atoms with Crippen LogP contribution >= 0.6 is 0 Å². The Kier molecular flexibility index (Phi) is 7.66. The van der Waals surface area contributed by atoms with E-state index in [1.165, 1.54) is 6.07 Å². The van der Waals surface area contributed by atoms with Gasteiger partial charge in [0.25, 0.3) is 5.69 Å². The van der Waals surface area contributed by atoms with Crippen LogP contribution in [0, 0.1) is 24.0 Å². The molecule has 0 saturated carbocycles. The van der Waals surface area contributed by atoms with Gasteiger partial charge in [0.05, 0.1) is 4.92 Å². The summed E-state index contributed by atoms with van der Waals surface area (Å²) in [5, 5.41) is 11.1. The highest BCUT2D eigenvalue weighted by Crippen LogP contribution is 2.25. The fourth-order valence-electron chi connectivity index (χ4n) is 2.13. The monoisotopic (exact) mass is 341 g/mol. The van der Waals surface area contributed by atoms with E-state index in [9.17, 15) is 19.7 Å². The van der Waals surface area contributed by atoms with E-state index in [0.29, 0.717) is 24.2 Å². The lowest BCUT2D eigenvalue weighted by atomic mass is 9.97. The summed E-state index contributed by atoms with van der Waals surface area (Å²) in [4.78, 5) is 33.1. The normalized spacial score (nSPS) is 9.76. The van der Waals surface area contributed by atoms with E-state index in [0.717, 1.165) is 11.1 Å². The van der Waals surface area contributed by atoms with Crippen molar-refractivity contribution in [1.82, 2.24) is 0 Å². The number of aryl methyl sites for hydroxylation is 2. The molecule has 0 aliphatic heterocycles. The number of hydrogen-bond acceptors (Lipinski definition) is 4. The number of hydrogen-bond donors (Lipinski definition) is 0. The number of benzene rings is 2. The van der Waals surface area contributed by atoms with Gasteiger partial charge in [0.15, 0.2) is 5.78 Å². The average molecular weight is 341 g/mol. The minimum atomic E-state index is -0.511. The Morgan fingerprint density at radius 2 is 1.48 bits per heavy atom. The van der Waals surface area contributed by atoms with E-state index < -0.39 is 4.92 Å². The number of carbonyl (C=O) groups is 2. The van der Waals surface area contributed by atoms with E-state index >= 15 is 0 Å². The van der Waals surface area contributed by atoms with Gasteiger partial charge in [-0.1, -0.05) is 44.2 Å². The molecule has 2 aromatic carbocycles. The van der Waals surface area contributed by atoms with Gasteiger partial charge in [0.1, 0.15) is 11.3 Å². The van der Waals surface area contributed by atoms with E-state index in [4.69, 9.17) is 0 Å². The predicted molar refractivity (Wildman–Crippen MR) is 98.0 cm³/mol. The minimum absolute atomic E-state index is 0.138. The second kappa shape index (κ2) is 9.47. The van der Waals surface area contributed by atoms with Crippen molar-refractivity contribution in [2.75, 3.05) is 0 Å². The Labute approximate surface area is 147 Å². The SMILES string of the molecule is CCC(=O)CC.Cc1cc(C(=O)c2ccccc2)c([N+](=O)[O-])cc1C. The van der Waals surface area contributed by atoms with Crippen LogP contribution in [0.1, 0.15) is 53.7 Å². The lowest BCUT2D eigenvalue weighted by Crippen LogP contribution is -2.06. The lowest BCUT2D eigenvalue weighted by molar-refractivity contribution is -0.385. The Bertz CT molecular complexity index is 761. The van der Waals surface area contributed by atoms with Crippen LogP contribution in [0.3, 0.4) is 0 Å². The summed E-state index contributed by atoms with van der Waals surface area (Å²) in [5.74, 6) is 0.0189. The van der Waals surface area contributed by atoms with Crippen LogP contribution in [0.5, 0.6) is 0 Å². The summed E-state index contributed by atoms with van der Waals surface area (Å²) in [6, 6.07) is 11.6. The zero-order valence-corrected chi connectivity index (χ0v) is 15.0. The summed E-state index contributed by atoms with van der Waals surface area (Å²) in [7, 11) is 0. The Morgan fingerprint density at radius 1 is 0.960 bits per heavy atom. The van der Waals surface area contributed by atoms with E-state index in [-0.39, 0.29) is 17.0 Å². The molecule has 0 heterocycles. The van der Waals surface area contributed by atoms with Crippen LogP contribution in [-0.4, -0.2) is 16.5 Å². The van der Waals surface area contributed by atoms with Gasteiger partial charge in [-0.15, -0.1) is 0 Å². The molecule has 0 N–H and O–H groups in total. The third kappa shape index (κ3) is 5.64. The van der Waals surface area contributed by atoms with Crippen molar-refractivity contribution in [3.05, 3.63) is 74.8 Å². The molecule has 0 bridgehead atoms. The quantitative estimate of drug-likeness (QED) is 0.444. The van der Waals surface area contributed by atoms with Crippen molar-refractivity contribution < 1.29 is 14.5 Å². The summed E-state index contributed by atoms with van der Waals surface area (Å²) >= 11 is 0. The second-order valence-corrected chi connectivity index (χ2v) is 5.65. The fraction of sp³-hybridized carbons (Fsp3) is 0.300. The van der Waals surface area contributed by atoms with Crippen LogP contribution in [-0.2, 0) is 4.79 Å². The fourth-order valence-corrected chi connectivity index (χ4v) is 2.13. The number of ketones is 2. The number of nitro benzene ring substituents is 1. The zero-order valence-electron chi connectivity index (χ0n) is 15.0. The van der Waals surface area contributed by atoms with Gasteiger partial charge in [-0.3, -0.25) is 19.7 Å². The van der Waals surface area contributed by atoms with Gasteiger partial charge in [-0.05, 0) is 31.0 Å². The van der Waals surface area contributed by atoms with Crippen LogP contribution < -0.4 is 0 Å². The van der Waals surface area contributed by atoms with Crippen molar-refractivity contribution in [1.29, 1.82) is 0 Å². The summed E-state index contributed by atoms with van der Waals surface area (Å²) in [6.45, 7) is 7.39. The molecule has 25 heavy (non-hydrogen) atoms. The molecule has 2 rings (SSSR count). The maximum absolute atomic E-state index is 12.3. The summed E-state index contributed by atoms with van der Waals surface area (Å²) < 4.78 is 0. The van der Waals surface area contributed by atoms with Crippen LogP contribution in [0.25, 0.3) is 0 Å². The van der Waals surface area contributed by atoms with E-state index in [1.807, 2.05) is 20.8 Å². The molecule has 2 aromatic rings. The molecule has 0 amide bonds. The molecule has 5 nitrogen and oxygen atoms in total. The van der Waals surface area contributed by atoms with Crippen molar-refractivity contribution >= 4 is 17.3 Å². The molecule has 0 fully saturated rings. The number of nitrogens with zero attached hydrogens (tertiary/aromatic N) is 1. The van der Waals surface area contributed by atoms with Gasteiger partial charge in [-0.2, -0.15) is 0 Å². The molecular weight excluding hydrogens is 318 g/mol. The van der Waals surface area contributed by atoms with Gasteiger partial charge < -0.3 is 0 Å². The first kappa shape index (κ1) is 20.2. The molecule has 5 heteroatoms. The molecular formula is C20H23NO4. The molecule has 0 unspecified atom stereocenters. The second-order valence-electron chi connectivity index (χ2n) is 5.65. The molecule has 0 aliphatic carbocycles. The van der Waals surface area contributed by atoms with Gasteiger partial charge >= 0.3 is 0 Å². The Balaban J connectivity index is 0.000000450. The molecule has 0 saturated heterocycles. The zero-order chi connectivity index (χ0) is 19.0. The third-order valence-electron chi connectivity index (χ3n) is 3.88. The number of Topliss-reactive ketones (excluding diaryl/α,β-unsaturated/α-hetero) is 1. The minimum Gasteiger partial charge on any atom is -0.300 e.